The van der Waals surface area contributed by atoms with Crippen LogP contribution in [0.3, 0.4) is 0 Å². The van der Waals surface area contributed by atoms with Gasteiger partial charge in [-0.2, -0.15) is 22.7 Å². The van der Waals surface area contributed by atoms with Gasteiger partial charge in [-0.3, -0.25) is 0 Å². The SMILES string of the molecule is Cc1cc(NC2(c3ccc(C(F)(F)F)c(F)c3)CC2)n2nc(C(F)F)nc2n1. The molecule has 1 saturated carbocycles. The molecule has 0 aliphatic heterocycles. The molecule has 0 bridgehead atoms. The Kier molecular flexibility index (Phi) is 4.02. The third kappa shape index (κ3) is 3.14. The highest BCUT2D eigenvalue weighted by Crippen LogP contribution is 2.49. The molecule has 1 N–H and O–H groups in total. The van der Waals surface area contributed by atoms with Gasteiger partial charge in [0.2, 0.25) is 5.82 Å². The summed E-state index contributed by atoms with van der Waals surface area (Å²) >= 11 is 0. The van der Waals surface area contributed by atoms with Gasteiger partial charge in [0, 0.05) is 11.8 Å². The summed E-state index contributed by atoms with van der Waals surface area (Å²) in [4.78, 5) is 7.72. The molecule has 2 heterocycles. The molecule has 11 heteroatoms. The highest BCUT2D eigenvalue weighted by molar-refractivity contribution is 5.51. The lowest BCUT2D eigenvalue weighted by molar-refractivity contribution is -0.140. The van der Waals surface area contributed by atoms with Crippen molar-refractivity contribution in [2.45, 2.75) is 37.9 Å². The van der Waals surface area contributed by atoms with Gasteiger partial charge in [-0.15, -0.1) is 5.10 Å². The van der Waals surface area contributed by atoms with Gasteiger partial charge in [0.25, 0.3) is 12.2 Å². The van der Waals surface area contributed by atoms with E-state index in [1.165, 1.54) is 6.07 Å². The Morgan fingerprint density at radius 1 is 1.14 bits per heavy atom. The topological polar surface area (TPSA) is 55.1 Å². The number of aromatic nitrogens is 4. The van der Waals surface area contributed by atoms with Crippen LogP contribution in [0, 0.1) is 12.7 Å². The van der Waals surface area contributed by atoms with E-state index in [1.807, 2.05) is 0 Å². The van der Waals surface area contributed by atoms with Crippen molar-refractivity contribution in [2.24, 2.45) is 0 Å². The Hall–Kier alpha value is -2.85. The van der Waals surface area contributed by atoms with Crippen LogP contribution in [0.25, 0.3) is 5.78 Å². The van der Waals surface area contributed by atoms with Crippen molar-refractivity contribution in [2.75, 3.05) is 5.32 Å². The van der Waals surface area contributed by atoms with Crippen LogP contribution in [0.4, 0.5) is 32.2 Å². The number of hydrogen-bond acceptors (Lipinski definition) is 4. The van der Waals surface area contributed by atoms with Gasteiger partial charge in [0.1, 0.15) is 11.6 Å². The monoisotopic (exact) mass is 401 g/mol. The quantitative estimate of drug-likeness (QED) is 0.648. The zero-order chi connectivity index (χ0) is 20.3. The fourth-order valence-electron chi connectivity index (χ4n) is 3.08. The molecule has 2 aromatic heterocycles. The Morgan fingerprint density at radius 3 is 2.43 bits per heavy atom. The first-order valence-corrected chi connectivity index (χ1v) is 8.27. The largest absolute Gasteiger partial charge is 0.419 e. The number of fused-ring (bicyclic) bond motifs is 1. The molecule has 0 unspecified atom stereocenters. The summed E-state index contributed by atoms with van der Waals surface area (Å²) in [6.45, 7) is 1.64. The van der Waals surface area contributed by atoms with Crippen LogP contribution in [0.5, 0.6) is 0 Å². The minimum absolute atomic E-state index is 0.0350. The number of halogens is 6. The van der Waals surface area contributed by atoms with Crippen molar-refractivity contribution >= 4 is 11.6 Å². The van der Waals surface area contributed by atoms with E-state index in [2.05, 4.69) is 20.4 Å². The maximum atomic E-state index is 14.0. The van der Waals surface area contributed by atoms with E-state index in [9.17, 15) is 26.3 Å². The van der Waals surface area contributed by atoms with E-state index in [4.69, 9.17) is 0 Å². The van der Waals surface area contributed by atoms with Crippen molar-refractivity contribution in [3.05, 3.63) is 52.7 Å². The molecule has 1 aliphatic carbocycles. The molecule has 1 fully saturated rings. The number of benzene rings is 1. The smallest absolute Gasteiger partial charge is 0.360 e. The highest BCUT2D eigenvalue weighted by Gasteiger charge is 2.46. The summed E-state index contributed by atoms with van der Waals surface area (Å²) < 4.78 is 79.3. The van der Waals surface area contributed by atoms with Crippen molar-refractivity contribution < 1.29 is 26.3 Å². The van der Waals surface area contributed by atoms with Crippen LogP contribution >= 0.6 is 0 Å². The first-order chi connectivity index (χ1) is 13.1. The van der Waals surface area contributed by atoms with Gasteiger partial charge < -0.3 is 5.32 Å². The Labute approximate surface area is 154 Å². The first kappa shape index (κ1) is 18.5. The molecule has 1 aliphatic rings. The van der Waals surface area contributed by atoms with Crippen LogP contribution in [0.15, 0.2) is 24.3 Å². The number of rotatable bonds is 4. The lowest BCUT2D eigenvalue weighted by atomic mass is 10.0. The average Bonchev–Trinajstić information content (AvgIpc) is 3.23. The van der Waals surface area contributed by atoms with Crippen molar-refractivity contribution in [3.63, 3.8) is 0 Å². The fourth-order valence-corrected chi connectivity index (χ4v) is 3.08. The fraction of sp³-hybridized carbons (Fsp3) is 0.353. The molecule has 28 heavy (non-hydrogen) atoms. The van der Waals surface area contributed by atoms with E-state index in [0.717, 1.165) is 10.6 Å². The zero-order valence-electron chi connectivity index (χ0n) is 14.4. The predicted molar refractivity (Wildman–Crippen MR) is 86.4 cm³/mol. The predicted octanol–water partition coefficient (Wildman–Crippen LogP) is 4.63. The number of aryl methyl sites for hydroxylation is 1. The molecule has 5 nitrogen and oxygen atoms in total. The van der Waals surface area contributed by atoms with E-state index < -0.39 is 35.3 Å². The summed E-state index contributed by atoms with van der Waals surface area (Å²) in [5.41, 5.74) is -1.35. The Morgan fingerprint density at radius 2 is 1.86 bits per heavy atom. The minimum Gasteiger partial charge on any atom is -0.360 e. The summed E-state index contributed by atoms with van der Waals surface area (Å²) in [7, 11) is 0. The molecular weight excluding hydrogens is 388 g/mol. The molecule has 148 valence electrons. The summed E-state index contributed by atoms with van der Waals surface area (Å²) in [5, 5.41) is 6.83. The molecule has 0 radical (unpaired) electrons. The van der Waals surface area contributed by atoms with Crippen molar-refractivity contribution in [1.29, 1.82) is 0 Å². The second-order valence-electron chi connectivity index (χ2n) is 6.66. The zero-order valence-corrected chi connectivity index (χ0v) is 14.4. The van der Waals surface area contributed by atoms with Gasteiger partial charge in [-0.05, 0) is 37.5 Å². The van der Waals surface area contributed by atoms with Gasteiger partial charge in [0.05, 0.1) is 11.1 Å². The second-order valence-corrected chi connectivity index (χ2v) is 6.66. The second kappa shape index (κ2) is 6.08. The molecule has 0 atom stereocenters. The third-order valence-electron chi connectivity index (χ3n) is 4.60. The van der Waals surface area contributed by atoms with E-state index in [-0.39, 0.29) is 5.78 Å². The van der Waals surface area contributed by atoms with Crippen LogP contribution < -0.4 is 5.32 Å². The number of anilines is 1. The first-order valence-electron chi connectivity index (χ1n) is 8.27. The van der Waals surface area contributed by atoms with Crippen molar-refractivity contribution in [3.8, 4) is 0 Å². The van der Waals surface area contributed by atoms with Gasteiger partial charge in [0.15, 0.2) is 0 Å². The highest BCUT2D eigenvalue weighted by atomic mass is 19.4. The maximum Gasteiger partial charge on any atom is 0.419 e. The Bertz CT molecular complexity index is 1050. The molecule has 0 amide bonds. The van der Waals surface area contributed by atoms with Crippen LogP contribution in [0.2, 0.25) is 0 Å². The maximum absolute atomic E-state index is 14.0. The normalized spacial score (nSPS) is 16.0. The lowest BCUT2D eigenvalue weighted by Gasteiger charge is -2.21. The summed E-state index contributed by atoms with van der Waals surface area (Å²) in [6, 6.07) is 4.31. The average molecular weight is 401 g/mol. The molecule has 4 rings (SSSR count). The number of nitrogens with zero attached hydrogens (tertiary/aromatic N) is 4. The number of hydrogen-bond donors (Lipinski definition) is 1. The third-order valence-corrected chi connectivity index (χ3v) is 4.60. The minimum atomic E-state index is -4.78. The summed E-state index contributed by atoms with van der Waals surface area (Å²) in [5.74, 6) is -1.80. The van der Waals surface area contributed by atoms with Crippen molar-refractivity contribution in [1.82, 2.24) is 19.6 Å². The number of nitrogens with one attached hydrogen (secondary N) is 1. The van der Waals surface area contributed by atoms with Gasteiger partial charge in [-0.1, -0.05) is 6.07 Å². The van der Waals surface area contributed by atoms with Gasteiger partial charge in [-0.25, -0.2) is 18.2 Å². The van der Waals surface area contributed by atoms with E-state index >= 15 is 0 Å². The molecule has 0 saturated heterocycles. The lowest BCUT2D eigenvalue weighted by Crippen LogP contribution is -2.22. The molecule has 3 aromatic rings. The van der Waals surface area contributed by atoms with Crippen LogP contribution in [-0.4, -0.2) is 19.6 Å². The van der Waals surface area contributed by atoms with Gasteiger partial charge >= 0.3 is 6.18 Å². The molecule has 1 aromatic carbocycles. The van der Waals surface area contributed by atoms with Crippen LogP contribution in [0.1, 0.15) is 41.9 Å². The standard InChI is InChI=1S/C17H13F6N5/c1-8-6-12(28-15(24-8)25-14(27-28)13(19)20)26-16(4-5-16)9-2-3-10(11(18)7-9)17(21,22)23/h2-3,6-7,13,26H,4-5H2,1H3. The number of alkyl halides is 5. The van der Waals surface area contributed by atoms with E-state index in [1.54, 1.807) is 13.0 Å². The Balaban J connectivity index is 1.72. The summed E-state index contributed by atoms with van der Waals surface area (Å²) in [6.07, 6.45) is -6.62. The molecular formula is C17H13F6N5. The molecule has 0 spiro atoms. The van der Waals surface area contributed by atoms with Crippen LogP contribution in [-0.2, 0) is 11.7 Å². The van der Waals surface area contributed by atoms with E-state index in [0.29, 0.717) is 36.0 Å².